The molecule has 1 aromatic rings. The Hall–Kier alpha value is -0.930. The second kappa shape index (κ2) is 3.65. The lowest BCUT2D eigenvalue weighted by Gasteiger charge is -2.06. The predicted molar refractivity (Wildman–Crippen MR) is 50.3 cm³/mol. The SMILES string of the molecule is NCCc1ccc(Cl)c(O)c1N. The van der Waals surface area contributed by atoms with E-state index in [1.165, 1.54) is 0 Å². The first-order chi connectivity index (χ1) is 5.66. The van der Waals surface area contributed by atoms with Crippen molar-refractivity contribution in [2.45, 2.75) is 6.42 Å². The number of hydrogen-bond acceptors (Lipinski definition) is 3. The minimum atomic E-state index is -0.0531. The van der Waals surface area contributed by atoms with Gasteiger partial charge in [-0.25, -0.2) is 0 Å². The summed E-state index contributed by atoms with van der Waals surface area (Å²) < 4.78 is 0. The Morgan fingerprint density at radius 3 is 2.67 bits per heavy atom. The maximum absolute atomic E-state index is 9.32. The third-order valence-corrected chi connectivity index (χ3v) is 1.98. The molecular formula is C8H11ClN2O. The molecule has 0 aromatic heterocycles. The van der Waals surface area contributed by atoms with Gasteiger partial charge in [-0.05, 0) is 24.6 Å². The number of nitrogen functional groups attached to an aromatic ring is 1. The van der Waals surface area contributed by atoms with Gasteiger partial charge in [0, 0.05) is 0 Å². The zero-order chi connectivity index (χ0) is 9.14. The smallest absolute Gasteiger partial charge is 0.157 e. The number of halogens is 1. The molecule has 1 aromatic carbocycles. The summed E-state index contributed by atoms with van der Waals surface area (Å²) in [6.45, 7) is 0.505. The highest BCUT2D eigenvalue weighted by molar-refractivity contribution is 6.32. The van der Waals surface area contributed by atoms with Gasteiger partial charge in [0.25, 0.3) is 0 Å². The fraction of sp³-hybridized carbons (Fsp3) is 0.250. The van der Waals surface area contributed by atoms with Crippen LogP contribution >= 0.6 is 11.6 Å². The van der Waals surface area contributed by atoms with Crippen molar-refractivity contribution in [3.8, 4) is 5.75 Å². The van der Waals surface area contributed by atoms with E-state index in [-0.39, 0.29) is 10.8 Å². The second-order valence-electron chi connectivity index (χ2n) is 2.51. The molecule has 0 atom stereocenters. The Morgan fingerprint density at radius 2 is 2.08 bits per heavy atom. The Bertz CT molecular complexity index is 289. The van der Waals surface area contributed by atoms with Gasteiger partial charge in [0.1, 0.15) is 0 Å². The van der Waals surface area contributed by atoms with E-state index in [0.717, 1.165) is 5.56 Å². The molecule has 0 saturated heterocycles. The Balaban J connectivity index is 3.08. The van der Waals surface area contributed by atoms with Gasteiger partial charge in [-0.3, -0.25) is 0 Å². The largest absolute Gasteiger partial charge is 0.504 e. The molecule has 0 spiro atoms. The Kier molecular flexibility index (Phi) is 2.78. The molecule has 5 N–H and O–H groups in total. The molecule has 12 heavy (non-hydrogen) atoms. The summed E-state index contributed by atoms with van der Waals surface area (Å²) in [5, 5.41) is 9.59. The fourth-order valence-electron chi connectivity index (χ4n) is 0.997. The first-order valence-corrected chi connectivity index (χ1v) is 4.00. The normalized spacial score (nSPS) is 10.2. The van der Waals surface area contributed by atoms with Crippen molar-refractivity contribution in [1.29, 1.82) is 0 Å². The van der Waals surface area contributed by atoms with Gasteiger partial charge in [0.15, 0.2) is 5.75 Å². The lowest BCUT2D eigenvalue weighted by molar-refractivity contribution is 0.477. The average Bonchev–Trinajstić information content (AvgIpc) is 2.07. The van der Waals surface area contributed by atoms with Crippen molar-refractivity contribution in [3.05, 3.63) is 22.7 Å². The van der Waals surface area contributed by atoms with Crippen LogP contribution in [0.4, 0.5) is 5.69 Å². The monoisotopic (exact) mass is 186 g/mol. The van der Waals surface area contributed by atoms with Gasteiger partial charge in [0.2, 0.25) is 0 Å². The molecule has 0 fully saturated rings. The Morgan fingerprint density at radius 1 is 1.42 bits per heavy atom. The molecule has 3 nitrogen and oxygen atoms in total. The van der Waals surface area contributed by atoms with E-state index >= 15 is 0 Å². The predicted octanol–water partition coefficient (Wildman–Crippen LogP) is 1.13. The fourth-order valence-corrected chi connectivity index (χ4v) is 1.16. The number of phenolic OH excluding ortho intramolecular Hbond substituents is 1. The summed E-state index contributed by atoms with van der Waals surface area (Å²) in [6.07, 6.45) is 0.649. The van der Waals surface area contributed by atoms with Gasteiger partial charge in [-0.15, -0.1) is 0 Å². The molecule has 1 rings (SSSR count). The van der Waals surface area contributed by atoms with E-state index in [9.17, 15) is 5.11 Å². The van der Waals surface area contributed by atoms with Gasteiger partial charge >= 0.3 is 0 Å². The molecule has 0 saturated carbocycles. The zero-order valence-corrected chi connectivity index (χ0v) is 7.30. The van der Waals surface area contributed by atoms with Crippen molar-refractivity contribution >= 4 is 17.3 Å². The number of anilines is 1. The summed E-state index contributed by atoms with van der Waals surface area (Å²) >= 11 is 5.62. The number of aromatic hydroxyl groups is 1. The van der Waals surface area contributed by atoms with E-state index in [1.807, 2.05) is 0 Å². The molecule has 0 amide bonds. The minimum absolute atomic E-state index is 0.0531. The van der Waals surface area contributed by atoms with Gasteiger partial charge < -0.3 is 16.6 Å². The lowest BCUT2D eigenvalue weighted by Crippen LogP contribution is -2.05. The second-order valence-corrected chi connectivity index (χ2v) is 2.91. The van der Waals surface area contributed by atoms with Crippen molar-refractivity contribution in [2.75, 3.05) is 12.3 Å². The molecule has 0 aliphatic carbocycles. The molecule has 0 aliphatic rings. The zero-order valence-electron chi connectivity index (χ0n) is 6.55. The highest BCUT2D eigenvalue weighted by atomic mass is 35.5. The van der Waals surface area contributed by atoms with Crippen LogP contribution in [0.5, 0.6) is 5.75 Å². The van der Waals surface area contributed by atoms with Crippen molar-refractivity contribution < 1.29 is 5.11 Å². The summed E-state index contributed by atoms with van der Waals surface area (Å²) in [7, 11) is 0. The maximum atomic E-state index is 9.32. The van der Waals surface area contributed by atoms with E-state index in [1.54, 1.807) is 12.1 Å². The van der Waals surface area contributed by atoms with E-state index in [0.29, 0.717) is 18.7 Å². The van der Waals surface area contributed by atoms with E-state index in [2.05, 4.69) is 0 Å². The molecular weight excluding hydrogens is 176 g/mol. The van der Waals surface area contributed by atoms with Crippen LogP contribution in [0.3, 0.4) is 0 Å². The van der Waals surface area contributed by atoms with Crippen LogP contribution in [0.1, 0.15) is 5.56 Å². The summed E-state index contributed by atoms with van der Waals surface area (Å²) in [5.41, 5.74) is 12.1. The van der Waals surface area contributed by atoms with Gasteiger partial charge in [-0.1, -0.05) is 17.7 Å². The molecule has 0 heterocycles. The maximum Gasteiger partial charge on any atom is 0.157 e. The number of nitrogens with two attached hydrogens (primary N) is 2. The van der Waals surface area contributed by atoms with Crippen LogP contribution in [-0.2, 0) is 6.42 Å². The molecule has 4 heteroatoms. The minimum Gasteiger partial charge on any atom is -0.504 e. The number of benzene rings is 1. The quantitative estimate of drug-likeness (QED) is 0.479. The number of phenols is 1. The molecule has 0 aliphatic heterocycles. The van der Waals surface area contributed by atoms with Gasteiger partial charge in [-0.2, -0.15) is 0 Å². The van der Waals surface area contributed by atoms with Crippen molar-refractivity contribution in [1.82, 2.24) is 0 Å². The van der Waals surface area contributed by atoms with Crippen molar-refractivity contribution in [2.24, 2.45) is 5.73 Å². The third kappa shape index (κ3) is 1.62. The van der Waals surface area contributed by atoms with Crippen LogP contribution in [0.2, 0.25) is 5.02 Å². The third-order valence-electron chi connectivity index (χ3n) is 1.67. The Labute approximate surface area is 75.9 Å². The molecule has 0 unspecified atom stereocenters. The first-order valence-electron chi connectivity index (χ1n) is 3.62. The number of hydrogen-bond donors (Lipinski definition) is 3. The van der Waals surface area contributed by atoms with Crippen LogP contribution in [-0.4, -0.2) is 11.7 Å². The molecule has 0 radical (unpaired) electrons. The van der Waals surface area contributed by atoms with Crippen LogP contribution < -0.4 is 11.5 Å². The number of rotatable bonds is 2. The molecule has 66 valence electrons. The van der Waals surface area contributed by atoms with E-state index < -0.39 is 0 Å². The standard InChI is InChI=1S/C8H11ClN2O/c9-6-2-1-5(3-4-10)7(11)8(6)12/h1-2,12H,3-4,10-11H2. The summed E-state index contributed by atoms with van der Waals surface area (Å²) in [6, 6.07) is 3.38. The van der Waals surface area contributed by atoms with Crippen molar-refractivity contribution in [3.63, 3.8) is 0 Å². The van der Waals surface area contributed by atoms with Crippen LogP contribution in [0, 0.1) is 0 Å². The lowest BCUT2D eigenvalue weighted by atomic mass is 10.1. The topological polar surface area (TPSA) is 72.3 Å². The highest BCUT2D eigenvalue weighted by Gasteiger charge is 2.06. The van der Waals surface area contributed by atoms with Crippen LogP contribution in [0.15, 0.2) is 12.1 Å². The van der Waals surface area contributed by atoms with Crippen LogP contribution in [0.25, 0.3) is 0 Å². The molecule has 0 bridgehead atoms. The highest BCUT2D eigenvalue weighted by Crippen LogP contribution is 2.32. The average molecular weight is 187 g/mol. The first kappa shape index (κ1) is 9.16. The van der Waals surface area contributed by atoms with Gasteiger partial charge in [0.05, 0.1) is 10.7 Å². The van der Waals surface area contributed by atoms with E-state index in [4.69, 9.17) is 23.1 Å². The summed E-state index contributed by atoms with van der Waals surface area (Å²) in [4.78, 5) is 0. The summed E-state index contributed by atoms with van der Waals surface area (Å²) in [5.74, 6) is -0.0531.